The Morgan fingerprint density at radius 3 is 1.00 bits per heavy atom. The SMILES string of the molecule is OB(O)O.[Gd]. The third kappa shape index (κ3) is 34.9. The van der Waals surface area contributed by atoms with Crippen LogP contribution in [0, 0.1) is 39.9 Å². The monoisotopic (exact) mass is 220 g/mol. The minimum absolute atomic E-state index is 0. The fourth-order valence-corrected chi connectivity index (χ4v) is 0. The third-order valence-electron chi connectivity index (χ3n) is 0. The number of hydrogen-bond acceptors (Lipinski definition) is 3. The zero-order valence-corrected chi connectivity index (χ0v) is 4.54. The van der Waals surface area contributed by atoms with Gasteiger partial charge in [-0.25, -0.2) is 0 Å². The van der Waals surface area contributed by atoms with Crippen molar-refractivity contribution in [3.63, 3.8) is 0 Å². The summed E-state index contributed by atoms with van der Waals surface area (Å²) in [5, 5.41) is 21.5. The largest absolute Gasteiger partial charge is 0.631 e. The average molecular weight is 219 g/mol. The van der Waals surface area contributed by atoms with Crippen LogP contribution in [0.4, 0.5) is 0 Å². The summed E-state index contributed by atoms with van der Waals surface area (Å²) in [6, 6.07) is 0. The van der Waals surface area contributed by atoms with Gasteiger partial charge in [0, 0.05) is 39.9 Å². The van der Waals surface area contributed by atoms with Crippen molar-refractivity contribution in [2.24, 2.45) is 0 Å². The van der Waals surface area contributed by atoms with E-state index in [0.29, 0.717) is 0 Å². The van der Waals surface area contributed by atoms with Crippen LogP contribution in [0.15, 0.2) is 0 Å². The smallest absolute Gasteiger partial charge is 0.402 e. The molecule has 0 radical (unpaired) electrons. The Balaban J connectivity index is 0. The maximum absolute atomic E-state index is 7.17. The molecule has 0 aromatic rings. The normalized spacial score (nSPS) is 5.40. The Bertz CT molecular complexity index is 11.6. The van der Waals surface area contributed by atoms with Crippen LogP contribution in [0.1, 0.15) is 0 Å². The van der Waals surface area contributed by atoms with E-state index in [9.17, 15) is 0 Å². The minimum Gasteiger partial charge on any atom is -0.402 e. The fraction of sp³-hybridized carbons (Fsp3) is 0. The Labute approximate surface area is 61.9 Å². The van der Waals surface area contributed by atoms with Gasteiger partial charge in [0.05, 0.1) is 0 Å². The van der Waals surface area contributed by atoms with Crippen molar-refractivity contribution in [1.29, 1.82) is 0 Å². The van der Waals surface area contributed by atoms with E-state index in [1.165, 1.54) is 0 Å². The van der Waals surface area contributed by atoms with Crippen LogP contribution in [-0.2, 0) is 0 Å². The molecule has 0 aliphatic carbocycles. The molecule has 0 spiro atoms. The van der Waals surface area contributed by atoms with Gasteiger partial charge in [0.2, 0.25) is 0 Å². The molecule has 5 heavy (non-hydrogen) atoms. The van der Waals surface area contributed by atoms with Crippen LogP contribution in [0.25, 0.3) is 0 Å². The second kappa shape index (κ2) is 5.27. The molecule has 5 heteroatoms. The van der Waals surface area contributed by atoms with Crippen molar-refractivity contribution >= 4 is 7.32 Å². The van der Waals surface area contributed by atoms with Crippen LogP contribution in [0.5, 0.6) is 0 Å². The molecule has 3 N–H and O–H groups in total. The van der Waals surface area contributed by atoms with Gasteiger partial charge in [-0.15, -0.1) is 0 Å². The van der Waals surface area contributed by atoms with E-state index in [4.69, 9.17) is 15.1 Å². The molecule has 0 saturated heterocycles. The molecule has 0 amide bonds. The maximum Gasteiger partial charge on any atom is 0.631 e. The van der Waals surface area contributed by atoms with Gasteiger partial charge in [0.15, 0.2) is 0 Å². The second-order valence-corrected chi connectivity index (χ2v) is 0.346. The summed E-state index contributed by atoms with van der Waals surface area (Å²) in [4.78, 5) is 0. The molecule has 0 unspecified atom stereocenters. The van der Waals surface area contributed by atoms with E-state index in [0.717, 1.165) is 0 Å². The van der Waals surface area contributed by atoms with Gasteiger partial charge in [0.25, 0.3) is 0 Å². The summed E-state index contributed by atoms with van der Waals surface area (Å²) in [6.45, 7) is 0. The van der Waals surface area contributed by atoms with Crippen molar-refractivity contribution in [2.45, 2.75) is 0 Å². The average Bonchev–Trinajstić information content (AvgIpc) is 0.811. The Kier molecular flexibility index (Phi) is 10.1. The molecular weight excluding hydrogens is 216 g/mol. The zero-order valence-electron chi connectivity index (χ0n) is 2.27. The second-order valence-electron chi connectivity index (χ2n) is 0.346. The summed E-state index contributed by atoms with van der Waals surface area (Å²) in [6.07, 6.45) is 0. The predicted molar refractivity (Wildman–Crippen MR) is 12.4 cm³/mol. The molecule has 0 heterocycles. The van der Waals surface area contributed by atoms with Gasteiger partial charge in [-0.1, -0.05) is 0 Å². The quantitative estimate of drug-likeness (QED) is 0.411. The Morgan fingerprint density at radius 2 is 1.00 bits per heavy atom. The summed E-state index contributed by atoms with van der Waals surface area (Å²) in [5.74, 6) is 0. The van der Waals surface area contributed by atoms with Gasteiger partial charge in [0.1, 0.15) is 0 Å². The summed E-state index contributed by atoms with van der Waals surface area (Å²) in [7, 11) is -2.17. The zero-order chi connectivity index (χ0) is 3.58. The van der Waals surface area contributed by atoms with Gasteiger partial charge < -0.3 is 15.1 Å². The van der Waals surface area contributed by atoms with E-state index < -0.39 is 7.32 Å². The molecule has 0 aliphatic rings. The van der Waals surface area contributed by atoms with E-state index in [1.54, 1.807) is 0 Å². The molecular formula is H3BGdO3. The van der Waals surface area contributed by atoms with Crippen LogP contribution >= 0.6 is 0 Å². The number of rotatable bonds is 0. The Morgan fingerprint density at radius 1 is 1.00 bits per heavy atom. The van der Waals surface area contributed by atoms with Crippen LogP contribution in [0.2, 0.25) is 0 Å². The molecule has 0 rings (SSSR count). The van der Waals surface area contributed by atoms with Crippen LogP contribution in [0.3, 0.4) is 0 Å². The minimum atomic E-state index is -2.17. The van der Waals surface area contributed by atoms with Gasteiger partial charge >= 0.3 is 7.32 Å². The van der Waals surface area contributed by atoms with E-state index in [2.05, 4.69) is 0 Å². The van der Waals surface area contributed by atoms with Gasteiger partial charge in [-0.2, -0.15) is 0 Å². The standard InChI is InChI=1S/BH3O3.Gd/c2-1(3)4;/h2-4H;. The van der Waals surface area contributed by atoms with Gasteiger partial charge in [-0.05, 0) is 0 Å². The fourth-order valence-electron chi connectivity index (χ4n) is 0. The summed E-state index contributed by atoms with van der Waals surface area (Å²) in [5.41, 5.74) is 0. The summed E-state index contributed by atoms with van der Waals surface area (Å²) >= 11 is 0. The molecule has 0 atom stereocenters. The first kappa shape index (κ1) is 9.55. The Hall–Kier alpha value is 1.27. The van der Waals surface area contributed by atoms with Crippen LogP contribution in [-0.4, -0.2) is 22.4 Å². The van der Waals surface area contributed by atoms with Crippen molar-refractivity contribution in [3.05, 3.63) is 0 Å². The first-order valence-corrected chi connectivity index (χ1v) is 0.775. The van der Waals surface area contributed by atoms with E-state index >= 15 is 0 Å². The molecule has 0 bridgehead atoms. The first-order chi connectivity index (χ1) is 1.73. The topological polar surface area (TPSA) is 60.7 Å². The van der Waals surface area contributed by atoms with Crippen molar-refractivity contribution in [1.82, 2.24) is 0 Å². The molecule has 0 aromatic carbocycles. The van der Waals surface area contributed by atoms with E-state index in [-0.39, 0.29) is 39.9 Å². The predicted octanol–water partition coefficient (Wildman–Crippen LogP) is -2.05. The van der Waals surface area contributed by atoms with Crippen molar-refractivity contribution in [3.8, 4) is 0 Å². The first-order valence-electron chi connectivity index (χ1n) is 0.775. The molecule has 0 aliphatic heterocycles. The van der Waals surface area contributed by atoms with Crippen LogP contribution < -0.4 is 0 Å². The molecule has 0 fully saturated rings. The van der Waals surface area contributed by atoms with Crippen molar-refractivity contribution < 1.29 is 55.0 Å². The summed E-state index contributed by atoms with van der Waals surface area (Å²) < 4.78 is 0. The molecule has 32 valence electrons. The maximum atomic E-state index is 7.17. The van der Waals surface area contributed by atoms with Gasteiger partial charge in [-0.3, -0.25) is 0 Å². The molecule has 0 saturated carbocycles. The molecule has 3 nitrogen and oxygen atoms in total. The number of hydrogen-bond donors (Lipinski definition) is 3. The van der Waals surface area contributed by atoms with E-state index in [1.807, 2.05) is 0 Å². The van der Waals surface area contributed by atoms with Crippen molar-refractivity contribution in [2.75, 3.05) is 0 Å². The third-order valence-corrected chi connectivity index (χ3v) is 0. The molecule has 0 aromatic heterocycles.